The predicted octanol–water partition coefficient (Wildman–Crippen LogP) is 3.21. The first-order valence-electron chi connectivity index (χ1n) is 8.81. The Bertz CT molecular complexity index is 908. The molecule has 1 fully saturated rings. The molecule has 1 amide bonds. The highest BCUT2D eigenvalue weighted by Crippen LogP contribution is 2.36. The maximum atomic E-state index is 12.9. The number of carbonyl (C=O) groups excluding carboxylic acids is 1. The molecule has 0 radical (unpaired) electrons. The van der Waals surface area contributed by atoms with E-state index < -0.39 is 22.4 Å². The van der Waals surface area contributed by atoms with Gasteiger partial charge in [0.25, 0.3) is 5.69 Å². The molecule has 1 N–H and O–H groups in total. The summed E-state index contributed by atoms with van der Waals surface area (Å²) in [6, 6.07) is 8.75. The zero-order valence-corrected chi connectivity index (χ0v) is 15.2. The van der Waals surface area contributed by atoms with Crippen LogP contribution in [0.15, 0.2) is 42.5 Å². The van der Waals surface area contributed by atoms with Gasteiger partial charge in [-0.15, -0.1) is 0 Å². The zero-order chi connectivity index (χ0) is 21.2. The number of hydrogen-bond donors (Lipinski definition) is 1. The van der Waals surface area contributed by atoms with E-state index >= 15 is 0 Å². The Morgan fingerprint density at radius 2 is 1.69 bits per heavy atom. The lowest BCUT2D eigenvalue weighted by Gasteiger charge is -2.36. The van der Waals surface area contributed by atoms with Crippen LogP contribution in [-0.2, 0) is 17.4 Å². The van der Waals surface area contributed by atoms with Gasteiger partial charge in [-0.2, -0.15) is 13.2 Å². The normalized spacial score (nSPS) is 14.7. The highest BCUT2D eigenvalue weighted by Gasteiger charge is 2.34. The summed E-state index contributed by atoms with van der Waals surface area (Å²) in [6.07, 6.45) is -4.51. The standard InChI is InChI=1S/C19H18F3N3O4/c20-19(21,22)14-3-6-16(17(12-14)25(28)29)23-7-9-24(10-8-23)18(27)11-13-1-4-15(26)5-2-13/h1-6,12,26H,7-11H2. The van der Waals surface area contributed by atoms with Crippen LogP contribution in [0.5, 0.6) is 5.75 Å². The second kappa shape index (κ2) is 7.98. The summed E-state index contributed by atoms with van der Waals surface area (Å²) in [6.45, 7) is 1.14. The number of alkyl halides is 3. The van der Waals surface area contributed by atoms with E-state index in [1.165, 1.54) is 12.1 Å². The average Bonchev–Trinajstić information content (AvgIpc) is 2.68. The van der Waals surface area contributed by atoms with E-state index in [0.717, 1.165) is 17.7 Å². The number of amides is 1. The number of nitro groups is 1. The first-order valence-corrected chi connectivity index (χ1v) is 8.81. The van der Waals surface area contributed by atoms with Gasteiger partial charge in [0.15, 0.2) is 0 Å². The van der Waals surface area contributed by atoms with Crippen molar-refractivity contribution in [3.05, 3.63) is 63.7 Å². The quantitative estimate of drug-likeness (QED) is 0.619. The summed E-state index contributed by atoms with van der Waals surface area (Å²) in [7, 11) is 0. The molecular formula is C19H18F3N3O4. The van der Waals surface area contributed by atoms with E-state index in [1.807, 2.05) is 0 Å². The second-order valence-electron chi connectivity index (χ2n) is 6.67. The molecule has 0 spiro atoms. The van der Waals surface area contributed by atoms with Crippen molar-refractivity contribution in [3.63, 3.8) is 0 Å². The Balaban J connectivity index is 1.68. The SMILES string of the molecule is O=C(Cc1ccc(O)cc1)N1CCN(c2ccc(C(F)(F)F)cc2[N+](=O)[O-])CC1. The van der Waals surface area contributed by atoms with Gasteiger partial charge in [0.05, 0.1) is 16.9 Å². The fraction of sp³-hybridized carbons (Fsp3) is 0.316. The van der Waals surface area contributed by atoms with Gasteiger partial charge in [0.1, 0.15) is 11.4 Å². The Labute approximate surface area is 164 Å². The predicted molar refractivity (Wildman–Crippen MR) is 98.7 cm³/mol. The third-order valence-electron chi connectivity index (χ3n) is 4.76. The van der Waals surface area contributed by atoms with Gasteiger partial charge in [0, 0.05) is 32.2 Å². The summed E-state index contributed by atoms with van der Waals surface area (Å²) in [5.74, 6) is -0.0230. The molecule has 0 aromatic heterocycles. The Morgan fingerprint density at radius 1 is 1.07 bits per heavy atom. The summed E-state index contributed by atoms with van der Waals surface area (Å²) in [5.41, 5.74) is -0.832. The number of phenols is 1. The maximum absolute atomic E-state index is 12.9. The Kier molecular flexibility index (Phi) is 5.62. The number of benzene rings is 2. The third kappa shape index (κ3) is 4.76. The topological polar surface area (TPSA) is 86.9 Å². The van der Waals surface area contributed by atoms with Crippen molar-refractivity contribution in [1.82, 2.24) is 4.90 Å². The first kappa shape index (κ1) is 20.4. The van der Waals surface area contributed by atoms with Crippen molar-refractivity contribution in [3.8, 4) is 5.75 Å². The molecule has 0 atom stereocenters. The number of aromatic hydroxyl groups is 1. The van der Waals surface area contributed by atoms with E-state index in [1.54, 1.807) is 21.9 Å². The molecule has 10 heteroatoms. The molecule has 3 rings (SSSR count). The second-order valence-corrected chi connectivity index (χ2v) is 6.67. The molecule has 0 unspecified atom stereocenters. The number of nitrogens with zero attached hydrogens (tertiary/aromatic N) is 3. The molecular weight excluding hydrogens is 391 g/mol. The van der Waals surface area contributed by atoms with Crippen molar-refractivity contribution < 1.29 is 28.0 Å². The van der Waals surface area contributed by atoms with Gasteiger partial charge in [-0.25, -0.2) is 0 Å². The van der Waals surface area contributed by atoms with E-state index in [2.05, 4.69) is 0 Å². The monoisotopic (exact) mass is 409 g/mol. The van der Waals surface area contributed by atoms with Gasteiger partial charge in [-0.05, 0) is 29.8 Å². The largest absolute Gasteiger partial charge is 0.508 e. The fourth-order valence-electron chi connectivity index (χ4n) is 3.21. The third-order valence-corrected chi connectivity index (χ3v) is 4.76. The number of nitro benzene ring substituents is 1. The van der Waals surface area contributed by atoms with Crippen LogP contribution in [-0.4, -0.2) is 47.0 Å². The van der Waals surface area contributed by atoms with Crippen LogP contribution in [0.4, 0.5) is 24.5 Å². The number of piperazine rings is 1. The minimum Gasteiger partial charge on any atom is -0.508 e. The molecule has 2 aromatic rings. The number of carbonyl (C=O) groups is 1. The molecule has 0 bridgehead atoms. The van der Waals surface area contributed by atoms with Crippen molar-refractivity contribution in [1.29, 1.82) is 0 Å². The Hall–Kier alpha value is -3.30. The van der Waals surface area contributed by atoms with Crippen molar-refractivity contribution >= 4 is 17.3 Å². The number of hydrogen-bond acceptors (Lipinski definition) is 5. The first-order chi connectivity index (χ1) is 13.6. The molecule has 1 heterocycles. The van der Waals surface area contributed by atoms with Crippen LogP contribution in [0.1, 0.15) is 11.1 Å². The van der Waals surface area contributed by atoms with Crippen LogP contribution in [0.3, 0.4) is 0 Å². The van der Waals surface area contributed by atoms with Crippen LogP contribution in [0.2, 0.25) is 0 Å². The van der Waals surface area contributed by atoms with Gasteiger partial charge >= 0.3 is 6.18 Å². The molecule has 2 aromatic carbocycles. The van der Waals surface area contributed by atoms with Gasteiger partial charge < -0.3 is 14.9 Å². The van der Waals surface area contributed by atoms with Crippen LogP contribution < -0.4 is 4.90 Å². The molecule has 0 aliphatic carbocycles. The summed E-state index contributed by atoms with van der Waals surface area (Å²) < 4.78 is 38.6. The summed E-state index contributed by atoms with van der Waals surface area (Å²) >= 11 is 0. The smallest absolute Gasteiger partial charge is 0.416 e. The molecule has 29 heavy (non-hydrogen) atoms. The zero-order valence-electron chi connectivity index (χ0n) is 15.2. The van der Waals surface area contributed by atoms with E-state index in [-0.39, 0.29) is 36.9 Å². The van der Waals surface area contributed by atoms with Gasteiger partial charge in [-0.1, -0.05) is 12.1 Å². The average molecular weight is 409 g/mol. The molecule has 1 aliphatic rings. The molecule has 0 saturated carbocycles. The highest BCUT2D eigenvalue weighted by atomic mass is 19.4. The molecule has 154 valence electrons. The van der Waals surface area contributed by atoms with Gasteiger partial charge in [-0.3, -0.25) is 14.9 Å². The minimum atomic E-state index is -4.66. The lowest BCUT2D eigenvalue weighted by molar-refractivity contribution is -0.384. The number of halogens is 3. The number of rotatable bonds is 4. The molecule has 1 aliphatic heterocycles. The van der Waals surface area contributed by atoms with Crippen molar-refractivity contribution in [2.75, 3.05) is 31.1 Å². The van der Waals surface area contributed by atoms with Crippen LogP contribution >= 0.6 is 0 Å². The van der Waals surface area contributed by atoms with E-state index in [4.69, 9.17) is 0 Å². The van der Waals surface area contributed by atoms with Crippen LogP contribution in [0.25, 0.3) is 0 Å². The van der Waals surface area contributed by atoms with Crippen molar-refractivity contribution in [2.24, 2.45) is 0 Å². The lowest BCUT2D eigenvalue weighted by atomic mass is 10.1. The molecule has 7 nitrogen and oxygen atoms in total. The summed E-state index contributed by atoms with van der Waals surface area (Å²) in [5, 5.41) is 20.6. The van der Waals surface area contributed by atoms with E-state index in [9.17, 15) is 33.2 Å². The maximum Gasteiger partial charge on any atom is 0.416 e. The minimum absolute atomic E-state index is 0.105. The van der Waals surface area contributed by atoms with E-state index in [0.29, 0.717) is 19.2 Å². The van der Waals surface area contributed by atoms with Gasteiger partial charge in [0.2, 0.25) is 5.91 Å². The van der Waals surface area contributed by atoms with Crippen molar-refractivity contribution in [2.45, 2.75) is 12.6 Å². The number of phenolic OH excluding ortho intramolecular Hbond substituents is 1. The highest BCUT2D eigenvalue weighted by molar-refractivity contribution is 5.79. The molecule has 1 saturated heterocycles. The van der Waals surface area contributed by atoms with Crippen LogP contribution in [0, 0.1) is 10.1 Å². The summed E-state index contributed by atoms with van der Waals surface area (Å²) in [4.78, 5) is 26.1. The Morgan fingerprint density at radius 3 is 2.24 bits per heavy atom. The fourth-order valence-corrected chi connectivity index (χ4v) is 3.21. The lowest BCUT2D eigenvalue weighted by Crippen LogP contribution is -2.49. The number of anilines is 1.